The van der Waals surface area contributed by atoms with Gasteiger partial charge in [-0.15, -0.1) is 0 Å². The van der Waals surface area contributed by atoms with Gasteiger partial charge >= 0.3 is 0 Å². The summed E-state index contributed by atoms with van der Waals surface area (Å²) in [4.78, 5) is 11.1. The van der Waals surface area contributed by atoms with Crippen LogP contribution in [0.4, 0.5) is 0 Å². The number of hydrogen-bond donors (Lipinski definition) is 1. The van der Waals surface area contributed by atoms with Gasteiger partial charge in [-0.25, -0.2) is 0 Å². The van der Waals surface area contributed by atoms with Crippen LogP contribution < -0.4 is 5.73 Å². The Balaban J connectivity index is 1.97. The fraction of sp³-hybridized carbons (Fsp3) is 0.941. The summed E-state index contributed by atoms with van der Waals surface area (Å²) in [5, 5.41) is 0. The van der Waals surface area contributed by atoms with Gasteiger partial charge in [0.15, 0.2) is 0 Å². The van der Waals surface area contributed by atoms with Gasteiger partial charge in [-0.05, 0) is 31.6 Å². The van der Waals surface area contributed by atoms with Crippen LogP contribution in [0.25, 0.3) is 0 Å². The van der Waals surface area contributed by atoms with Gasteiger partial charge in [0.1, 0.15) is 5.78 Å². The predicted octanol–water partition coefficient (Wildman–Crippen LogP) is 4.46. The number of carbonyl (C=O) groups excluding carboxylic acids is 1. The fourth-order valence-electron chi connectivity index (χ4n) is 3.21. The minimum atomic E-state index is -0.232. The quantitative estimate of drug-likeness (QED) is 0.627. The Morgan fingerprint density at radius 2 is 1.79 bits per heavy atom. The summed E-state index contributed by atoms with van der Waals surface area (Å²) in [6.45, 7) is 3.90. The van der Waals surface area contributed by atoms with E-state index < -0.39 is 0 Å². The van der Waals surface area contributed by atoms with Gasteiger partial charge in [0.25, 0.3) is 0 Å². The molecule has 0 aliphatic heterocycles. The molecule has 0 aromatic rings. The summed E-state index contributed by atoms with van der Waals surface area (Å²) in [7, 11) is 0. The molecule has 2 N–H and O–H groups in total. The average molecular weight is 267 g/mol. The Hall–Kier alpha value is -0.370. The largest absolute Gasteiger partial charge is 0.322 e. The number of unbranched alkanes of at least 4 members (excludes halogenated alkanes) is 1. The lowest BCUT2D eigenvalue weighted by Gasteiger charge is -2.21. The topological polar surface area (TPSA) is 43.1 Å². The van der Waals surface area contributed by atoms with Crippen LogP contribution in [0.1, 0.15) is 84.5 Å². The van der Waals surface area contributed by atoms with Gasteiger partial charge in [-0.2, -0.15) is 0 Å². The van der Waals surface area contributed by atoms with Crippen LogP contribution >= 0.6 is 0 Å². The molecule has 0 radical (unpaired) electrons. The average Bonchev–Trinajstić information content (AvgIpc) is 2.42. The third-order valence-corrected chi connectivity index (χ3v) is 4.78. The molecule has 1 fully saturated rings. The molecule has 112 valence electrons. The minimum absolute atomic E-state index is 0.129. The van der Waals surface area contributed by atoms with Crippen molar-refractivity contribution in [3.05, 3.63) is 0 Å². The highest BCUT2D eigenvalue weighted by molar-refractivity contribution is 5.81. The molecule has 0 aromatic carbocycles. The monoisotopic (exact) mass is 267 g/mol. The van der Waals surface area contributed by atoms with Gasteiger partial charge in [-0.3, -0.25) is 4.79 Å². The summed E-state index contributed by atoms with van der Waals surface area (Å²) in [5.74, 6) is 1.87. The van der Waals surface area contributed by atoms with Crippen LogP contribution in [-0.2, 0) is 4.79 Å². The minimum Gasteiger partial charge on any atom is -0.322 e. The zero-order valence-electron chi connectivity index (χ0n) is 13.0. The second-order valence-corrected chi connectivity index (χ2v) is 6.69. The van der Waals surface area contributed by atoms with E-state index in [0.717, 1.165) is 24.7 Å². The standard InChI is InChI=1S/C17H33NO/c1-14(12-13-17(18)15(2)19)8-6-7-11-16-9-4-3-5-10-16/h14,16-17H,3-13,18H2,1-2H3/t14-,17-/m0/s1. The Labute approximate surface area is 119 Å². The van der Waals surface area contributed by atoms with E-state index in [2.05, 4.69) is 6.92 Å². The third kappa shape index (κ3) is 7.71. The number of Topliss-reactive ketones (excluding diaryl/α,β-unsaturated/α-hetero) is 1. The molecule has 1 aliphatic carbocycles. The maximum absolute atomic E-state index is 11.1. The number of hydrogen-bond acceptors (Lipinski definition) is 2. The number of rotatable bonds is 9. The van der Waals surface area contributed by atoms with Gasteiger partial charge < -0.3 is 5.73 Å². The molecule has 0 bridgehead atoms. The number of ketones is 1. The first-order valence-electron chi connectivity index (χ1n) is 8.35. The molecule has 0 unspecified atom stereocenters. The Kier molecular flexibility index (Phi) is 8.36. The molecule has 0 saturated heterocycles. The highest BCUT2D eigenvalue weighted by Crippen LogP contribution is 2.28. The molecule has 2 atom stereocenters. The lowest BCUT2D eigenvalue weighted by Crippen LogP contribution is -2.28. The van der Waals surface area contributed by atoms with Crippen molar-refractivity contribution in [1.29, 1.82) is 0 Å². The lowest BCUT2D eigenvalue weighted by atomic mass is 9.85. The molecular formula is C17H33NO. The van der Waals surface area contributed by atoms with Crippen molar-refractivity contribution in [2.45, 2.75) is 90.5 Å². The van der Waals surface area contributed by atoms with Crippen molar-refractivity contribution in [2.24, 2.45) is 17.6 Å². The lowest BCUT2D eigenvalue weighted by molar-refractivity contribution is -0.118. The smallest absolute Gasteiger partial charge is 0.146 e. The first-order valence-corrected chi connectivity index (χ1v) is 8.35. The van der Waals surface area contributed by atoms with Crippen molar-refractivity contribution in [1.82, 2.24) is 0 Å². The third-order valence-electron chi connectivity index (χ3n) is 4.78. The Morgan fingerprint density at radius 3 is 2.42 bits per heavy atom. The summed E-state index contributed by atoms with van der Waals surface area (Å²) in [5.41, 5.74) is 5.77. The molecule has 0 spiro atoms. The summed E-state index contributed by atoms with van der Waals surface area (Å²) in [6.07, 6.45) is 14.8. The van der Waals surface area contributed by atoms with E-state index in [1.165, 1.54) is 57.8 Å². The zero-order chi connectivity index (χ0) is 14.1. The molecule has 2 heteroatoms. The van der Waals surface area contributed by atoms with Gasteiger partial charge in [0.2, 0.25) is 0 Å². The molecule has 0 aromatic heterocycles. The number of nitrogens with two attached hydrogens (primary N) is 1. The van der Waals surface area contributed by atoms with Crippen molar-refractivity contribution in [2.75, 3.05) is 0 Å². The second-order valence-electron chi connectivity index (χ2n) is 6.69. The Morgan fingerprint density at radius 1 is 1.11 bits per heavy atom. The van der Waals surface area contributed by atoms with Gasteiger partial charge in [-0.1, -0.05) is 64.7 Å². The molecule has 19 heavy (non-hydrogen) atoms. The van der Waals surface area contributed by atoms with Crippen molar-refractivity contribution < 1.29 is 4.79 Å². The van der Waals surface area contributed by atoms with Crippen LogP contribution in [-0.4, -0.2) is 11.8 Å². The van der Waals surface area contributed by atoms with Crippen LogP contribution in [0.3, 0.4) is 0 Å². The van der Waals surface area contributed by atoms with Crippen LogP contribution in [0.5, 0.6) is 0 Å². The number of carbonyl (C=O) groups is 1. The SMILES string of the molecule is CC(=O)[C@@H](N)CC[C@@H](C)CCCCC1CCCCC1. The van der Waals surface area contributed by atoms with E-state index in [1.807, 2.05) is 0 Å². The van der Waals surface area contributed by atoms with E-state index in [4.69, 9.17) is 5.73 Å². The van der Waals surface area contributed by atoms with Gasteiger partial charge in [0, 0.05) is 0 Å². The predicted molar refractivity (Wildman–Crippen MR) is 82.1 cm³/mol. The second kappa shape index (κ2) is 9.52. The molecular weight excluding hydrogens is 234 g/mol. The molecule has 1 aliphatic rings. The van der Waals surface area contributed by atoms with E-state index in [9.17, 15) is 4.79 Å². The van der Waals surface area contributed by atoms with Gasteiger partial charge in [0.05, 0.1) is 6.04 Å². The molecule has 2 nitrogen and oxygen atoms in total. The van der Waals surface area contributed by atoms with Crippen LogP contribution in [0.2, 0.25) is 0 Å². The maximum atomic E-state index is 11.1. The Bertz CT molecular complexity index is 246. The first-order chi connectivity index (χ1) is 9.09. The summed E-state index contributed by atoms with van der Waals surface area (Å²) < 4.78 is 0. The molecule has 0 heterocycles. The zero-order valence-corrected chi connectivity index (χ0v) is 13.0. The van der Waals surface area contributed by atoms with E-state index >= 15 is 0 Å². The summed E-state index contributed by atoms with van der Waals surface area (Å²) in [6, 6.07) is -0.232. The highest BCUT2D eigenvalue weighted by atomic mass is 16.1. The highest BCUT2D eigenvalue weighted by Gasteiger charge is 2.13. The van der Waals surface area contributed by atoms with E-state index in [0.29, 0.717) is 0 Å². The van der Waals surface area contributed by atoms with Crippen molar-refractivity contribution in [3.8, 4) is 0 Å². The van der Waals surface area contributed by atoms with Crippen LogP contribution in [0, 0.1) is 11.8 Å². The van der Waals surface area contributed by atoms with Crippen molar-refractivity contribution >= 4 is 5.78 Å². The van der Waals surface area contributed by atoms with Crippen LogP contribution in [0.15, 0.2) is 0 Å². The van der Waals surface area contributed by atoms with E-state index in [1.54, 1.807) is 6.92 Å². The van der Waals surface area contributed by atoms with Crippen molar-refractivity contribution in [3.63, 3.8) is 0 Å². The maximum Gasteiger partial charge on any atom is 0.146 e. The fourth-order valence-corrected chi connectivity index (χ4v) is 3.21. The first kappa shape index (κ1) is 16.7. The molecule has 1 saturated carbocycles. The normalized spacial score (nSPS) is 20.2. The molecule has 1 rings (SSSR count). The summed E-state index contributed by atoms with van der Waals surface area (Å²) >= 11 is 0. The van der Waals surface area contributed by atoms with E-state index in [-0.39, 0.29) is 11.8 Å². The molecule has 0 amide bonds.